The molecule has 6 heteroatoms. The number of amides is 1. The number of nitrogens with one attached hydrogen (secondary N) is 1. The lowest BCUT2D eigenvalue weighted by molar-refractivity contribution is -0.120. The third-order valence-corrected chi connectivity index (χ3v) is 5.36. The van der Waals surface area contributed by atoms with Crippen molar-refractivity contribution in [1.82, 2.24) is 4.98 Å². The Balaban J connectivity index is 1.39. The molecule has 2 heterocycles. The highest BCUT2D eigenvalue weighted by atomic mass is 79.9. The Labute approximate surface area is 160 Å². The maximum Gasteiger partial charge on any atom is 0.298 e. The van der Waals surface area contributed by atoms with Gasteiger partial charge in [-0.15, -0.1) is 0 Å². The Hall–Kier alpha value is -2.34. The summed E-state index contributed by atoms with van der Waals surface area (Å²) in [5.74, 6) is 0.103. The Bertz CT molecular complexity index is 912. The number of hydrogen-bond acceptors (Lipinski definition) is 4. The Morgan fingerprint density at radius 1 is 1.23 bits per heavy atom. The van der Waals surface area contributed by atoms with Crippen LogP contribution in [0.1, 0.15) is 18.4 Å². The van der Waals surface area contributed by atoms with Gasteiger partial charge in [0.05, 0.1) is 0 Å². The van der Waals surface area contributed by atoms with Crippen molar-refractivity contribution in [2.24, 2.45) is 5.92 Å². The Morgan fingerprint density at radius 3 is 2.73 bits per heavy atom. The molecule has 134 valence electrons. The first-order valence-electron chi connectivity index (χ1n) is 8.78. The monoisotopic (exact) mass is 413 g/mol. The minimum Gasteiger partial charge on any atom is -0.423 e. The molecule has 1 aromatic heterocycles. The average Bonchev–Trinajstić information content (AvgIpc) is 3.08. The summed E-state index contributed by atoms with van der Waals surface area (Å²) in [6.45, 7) is 3.53. The second-order valence-electron chi connectivity index (χ2n) is 6.67. The van der Waals surface area contributed by atoms with Crippen LogP contribution in [0.2, 0.25) is 0 Å². The molecule has 2 aromatic carbocycles. The lowest BCUT2D eigenvalue weighted by Crippen LogP contribution is -2.38. The van der Waals surface area contributed by atoms with Crippen molar-refractivity contribution in [1.29, 1.82) is 0 Å². The Kier molecular flexibility index (Phi) is 4.68. The predicted octanol–water partition coefficient (Wildman–Crippen LogP) is 4.75. The van der Waals surface area contributed by atoms with Crippen LogP contribution in [0.15, 0.2) is 51.4 Å². The van der Waals surface area contributed by atoms with Gasteiger partial charge in [-0.05, 0) is 55.7 Å². The number of piperidine rings is 1. The van der Waals surface area contributed by atoms with Gasteiger partial charge < -0.3 is 14.6 Å². The summed E-state index contributed by atoms with van der Waals surface area (Å²) in [7, 11) is 0. The number of aromatic nitrogens is 1. The number of fused-ring (bicyclic) bond motifs is 1. The number of rotatable bonds is 3. The van der Waals surface area contributed by atoms with Crippen molar-refractivity contribution in [3.05, 3.63) is 52.5 Å². The maximum absolute atomic E-state index is 12.6. The first kappa shape index (κ1) is 17.1. The van der Waals surface area contributed by atoms with E-state index in [1.807, 2.05) is 49.4 Å². The third kappa shape index (κ3) is 3.46. The molecule has 1 fully saturated rings. The number of oxazole rings is 1. The quantitative estimate of drug-likeness (QED) is 0.672. The third-order valence-electron chi connectivity index (χ3n) is 4.87. The van der Waals surface area contributed by atoms with Gasteiger partial charge in [0, 0.05) is 29.2 Å². The van der Waals surface area contributed by atoms with Crippen LogP contribution >= 0.6 is 15.9 Å². The second kappa shape index (κ2) is 7.11. The number of para-hydroxylation sites is 2. The van der Waals surface area contributed by atoms with Crippen LogP contribution in [0.4, 0.5) is 11.7 Å². The fourth-order valence-corrected chi connectivity index (χ4v) is 3.81. The van der Waals surface area contributed by atoms with Gasteiger partial charge in [-0.3, -0.25) is 4.79 Å². The van der Waals surface area contributed by atoms with Gasteiger partial charge in [-0.2, -0.15) is 4.98 Å². The number of aryl methyl sites for hydroxylation is 1. The van der Waals surface area contributed by atoms with Crippen LogP contribution in [0.5, 0.6) is 0 Å². The van der Waals surface area contributed by atoms with E-state index in [9.17, 15) is 4.79 Å². The summed E-state index contributed by atoms with van der Waals surface area (Å²) in [5.41, 5.74) is 3.59. The minimum atomic E-state index is 0.0127. The van der Waals surface area contributed by atoms with Gasteiger partial charge in [0.15, 0.2) is 5.58 Å². The van der Waals surface area contributed by atoms with Crippen LogP contribution in [0, 0.1) is 12.8 Å². The fourth-order valence-electron chi connectivity index (χ4n) is 3.33. The average molecular weight is 414 g/mol. The highest BCUT2D eigenvalue weighted by molar-refractivity contribution is 9.10. The lowest BCUT2D eigenvalue weighted by atomic mass is 9.96. The van der Waals surface area contributed by atoms with E-state index < -0.39 is 0 Å². The molecule has 3 aromatic rings. The van der Waals surface area contributed by atoms with E-state index in [4.69, 9.17) is 4.42 Å². The Morgan fingerprint density at radius 2 is 2.00 bits per heavy atom. The maximum atomic E-state index is 12.6. The SMILES string of the molecule is Cc1cc(Br)ccc1NC(=O)C1CCN(c2nc3ccccc3o2)CC1. The van der Waals surface area contributed by atoms with Gasteiger partial charge in [-0.1, -0.05) is 28.1 Å². The predicted molar refractivity (Wildman–Crippen MR) is 106 cm³/mol. The fraction of sp³-hybridized carbons (Fsp3) is 0.300. The van der Waals surface area contributed by atoms with E-state index >= 15 is 0 Å². The summed E-state index contributed by atoms with van der Waals surface area (Å²) >= 11 is 3.45. The van der Waals surface area contributed by atoms with E-state index in [0.717, 1.165) is 52.8 Å². The topological polar surface area (TPSA) is 58.4 Å². The van der Waals surface area contributed by atoms with Crippen molar-refractivity contribution in [2.75, 3.05) is 23.3 Å². The molecular weight excluding hydrogens is 394 g/mol. The molecule has 0 atom stereocenters. The largest absolute Gasteiger partial charge is 0.423 e. The second-order valence-corrected chi connectivity index (χ2v) is 7.59. The number of carbonyl (C=O) groups is 1. The van der Waals surface area contributed by atoms with Crippen molar-refractivity contribution < 1.29 is 9.21 Å². The van der Waals surface area contributed by atoms with Gasteiger partial charge in [-0.25, -0.2) is 0 Å². The van der Waals surface area contributed by atoms with Crippen molar-refractivity contribution in [3.8, 4) is 0 Å². The number of carbonyl (C=O) groups excluding carboxylic acids is 1. The summed E-state index contributed by atoms with van der Waals surface area (Å²) in [6, 6.07) is 14.3. The van der Waals surface area contributed by atoms with E-state index in [-0.39, 0.29) is 11.8 Å². The number of halogens is 1. The normalized spacial score (nSPS) is 15.4. The van der Waals surface area contributed by atoms with Gasteiger partial charge in [0.25, 0.3) is 6.01 Å². The molecule has 1 aliphatic heterocycles. The standard InChI is InChI=1S/C20H20BrN3O2/c1-13-12-15(21)6-7-16(13)22-19(25)14-8-10-24(11-9-14)20-23-17-4-2-3-5-18(17)26-20/h2-7,12,14H,8-11H2,1H3,(H,22,25). The summed E-state index contributed by atoms with van der Waals surface area (Å²) < 4.78 is 6.85. The molecule has 0 saturated carbocycles. The van der Waals surface area contributed by atoms with Crippen LogP contribution in [0.3, 0.4) is 0 Å². The van der Waals surface area contributed by atoms with Crippen LogP contribution < -0.4 is 10.2 Å². The summed E-state index contributed by atoms with van der Waals surface area (Å²) in [4.78, 5) is 19.3. The smallest absolute Gasteiger partial charge is 0.298 e. The highest BCUT2D eigenvalue weighted by Gasteiger charge is 2.27. The van der Waals surface area contributed by atoms with E-state index in [0.29, 0.717) is 6.01 Å². The van der Waals surface area contributed by atoms with Gasteiger partial charge in [0.1, 0.15) is 5.52 Å². The lowest BCUT2D eigenvalue weighted by Gasteiger charge is -2.30. The zero-order chi connectivity index (χ0) is 18.1. The highest BCUT2D eigenvalue weighted by Crippen LogP contribution is 2.27. The summed E-state index contributed by atoms with van der Waals surface area (Å²) in [6.07, 6.45) is 1.58. The number of benzene rings is 2. The molecule has 0 aliphatic carbocycles. The zero-order valence-electron chi connectivity index (χ0n) is 14.5. The van der Waals surface area contributed by atoms with Crippen molar-refractivity contribution in [3.63, 3.8) is 0 Å². The van der Waals surface area contributed by atoms with Crippen LogP contribution in [-0.4, -0.2) is 24.0 Å². The molecule has 1 aliphatic rings. The first-order valence-corrected chi connectivity index (χ1v) is 9.57. The van der Waals surface area contributed by atoms with Crippen LogP contribution in [0.25, 0.3) is 11.1 Å². The molecule has 5 nitrogen and oxygen atoms in total. The molecule has 1 amide bonds. The summed E-state index contributed by atoms with van der Waals surface area (Å²) in [5, 5.41) is 3.07. The first-order chi connectivity index (χ1) is 12.6. The number of hydrogen-bond donors (Lipinski definition) is 1. The van der Waals surface area contributed by atoms with Crippen molar-refractivity contribution in [2.45, 2.75) is 19.8 Å². The molecule has 4 rings (SSSR count). The van der Waals surface area contributed by atoms with Crippen LogP contribution in [-0.2, 0) is 4.79 Å². The molecule has 1 N–H and O–H groups in total. The number of nitrogens with zero attached hydrogens (tertiary/aromatic N) is 2. The van der Waals surface area contributed by atoms with E-state index in [2.05, 4.69) is 31.1 Å². The van der Waals surface area contributed by atoms with Crippen molar-refractivity contribution >= 4 is 44.6 Å². The molecule has 0 bridgehead atoms. The molecule has 0 radical (unpaired) electrons. The minimum absolute atomic E-state index is 0.0127. The van der Waals surface area contributed by atoms with Gasteiger partial charge >= 0.3 is 0 Å². The molecule has 0 spiro atoms. The molecule has 0 unspecified atom stereocenters. The van der Waals surface area contributed by atoms with Gasteiger partial charge in [0.2, 0.25) is 5.91 Å². The number of anilines is 2. The zero-order valence-corrected chi connectivity index (χ0v) is 16.1. The molecule has 1 saturated heterocycles. The molecule has 26 heavy (non-hydrogen) atoms. The van der Waals surface area contributed by atoms with E-state index in [1.165, 1.54) is 0 Å². The van der Waals surface area contributed by atoms with E-state index in [1.54, 1.807) is 0 Å². The molecular formula is C20H20BrN3O2.